The Morgan fingerprint density at radius 3 is 1.70 bits per heavy atom. The van der Waals surface area contributed by atoms with Crippen molar-refractivity contribution >= 4 is 43.4 Å². The van der Waals surface area contributed by atoms with Crippen molar-refractivity contribution in [3.8, 4) is 0 Å². The molecule has 6 atom stereocenters. The number of benzene rings is 4. The summed E-state index contributed by atoms with van der Waals surface area (Å²) < 4.78 is 29.2. The fourth-order valence-corrected chi connectivity index (χ4v) is 21.5. The van der Waals surface area contributed by atoms with Gasteiger partial charge in [-0.2, -0.15) is 0 Å². The van der Waals surface area contributed by atoms with Gasteiger partial charge in [-0.05, 0) is 80.0 Å². The third-order valence-electron chi connectivity index (χ3n) is 14.8. The van der Waals surface area contributed by atoms with Crippen LogP contribution in [0.4, 0.5) is 0 Å². The van der Waals surface area contributed by atoms with Crippen molar-refractivity contribution in [1.82, 2.24) is 0 Å². The van der Waals surface area contributed by atoms with Gasteiger partial charge in [0.1, 0.15) is 5.60 Å². The Morgan fingerprint density at radius 1 is 0.738 bits per heavy atom. The number of ether oxygens (including phenoxy) is 2. The summed E-state index contributed by atoms with van der Waals surface area (Å²) >= 11 is 0. The summed E-state index contributed by atoms with van der Waals surface area (Å²) in [6.45, 7) is 21.0. The normalized spacial score (nSPS) is 26.1. The number of esters is 1. The molecule has 2 aliphatic heterocycles. The molecule has 61 heavy (non-hydrogen) atoms. The largest absolute Gasteiger partial charge is 0.455 e. The van der Waals surface area contributed by atoms with Crippen LogP contribution < -0.4 is 20.7 Å². The minimum Gasteiger partial charge on any atom is -0.455 e. The van der Waals surface area contributed by atoms with Gasteiger partial charge in [0.2, 0.25) is 0 Å². The van der Waals surface area contributed by atoms with Crippen LogP contribution in [-0.2, 0) is 23.1 Å². The smallest absolute Gasteiger partial charge is 0.303 e. The van der Waals surface area contributed by atoms with Crippen molar-refractivity contribution in [3.05, 3.63) is 145 Å². The maximum atomic E-state index is 13.2. The summed E-state index contributed by atoms with van der Waals surface area (Å²) in [6, 6.07) is 43.7. The molecule has 1 unspecified atom stereocenters. The van der Waals surface area contributed by atoms with Crippen LogP contribution in [0.25, 0.3) is 0 Å². The van der Waals surface area contributed by atoms with E-state index in [0.29, 0.717) is 12.3 Å². The fourth-order valence-electron chi connectivity index (χ4n) is 12.2. The summed E-state index contributed by atoms with van der Waals surface area (Å²) in [5.74, 6) is 0.337. The first-order valence-electron chi connectivity index (χ1n) is 22.8. The summed E-state index contributed by atoms with van der Waals surface area (Å²) in [4.78, 5) is 13.2. The van der Waals surface area contributed by atoms with E-state index in [1.54, 1.807) is 6.92 Å². The zero-order valence-corrected chi connectivity index (χ0v) is 40.1. The first kappa shape index (κ1) is 43.8. The van der Waals surface area contributed by atoms with Gasteiger partial charge in [-0.3, -0.25) is 4.79 Å². The average molecular weight is 853 g/mol. The van der Waals surface area contributed by atoms with Crippen LogP contribution in [-0.4, -0.2) is 53.1 Å². The molecule has 1 spiro atoms. The van der Waals surface area contributed by atoms with Crippen molar-refractivity contribution in [2.24, 2.45) is 17.3 Å². The number of hydrogen-bond donors (Lipinski definition) is 0. The van der Waals surface area contributed by atoms with Crippen LogP contribution in [0.1, 0.15) is 101 Å². The van der Waals surface area contributed by atoms with Crippen LogP contribution in [0.15, 0.2) is 145 Å². The Hall–Kier alpha value is -3.86. The number of rotatable bonds is 12. The van der Waals surface area contributed by atoms with Crippen molar-refractivity contribution in [2.45, 2.75) is 135 Å². The molecule has 0 radical (unpaired) electrons. The molecule has 2 heterocycles. The predicted octanol–water partition coefficient (Wildman–Crippen LogP) is 10.1. The van der Waals surface area contributed by atoms with E-state index >= 15 is 0 Å². The zero-order chi connectivity index (χ0) is 43.3. The molecule has 0 saturated carbocycles. The lowest BCUT2D eigenvalue weighted by Crippen LogP contribution is -2.69. The van der Waals surface area contributed by atoms with Gasteiger partial charge in [0.25, 0.3) is 16.6 Å². The van der Waals surface area contributed by atoms with Gasteiger partial charge in [0, 0.05) is 31.3 Å². The third-order valence-corrected chi connectivity index (χ3v) is 24.9. The Morgan fingerprint density at radius 2 is 1.23 bits per heavy atom. The van der Waals surface area contributed by atoms with E-state index in [2.05, 4.69) is 189 Å². The van der Waals surface area contributed by atoms with Gasteiger partial charge in [-0.15, -0.1) is 0 Å². The second-order valence-corrected chi connectivity index (χ2v) is 29.5. The second-order valence-electron chi connectivity index (χ2n) is 21.0. The van der Waals surface area contributed by atoms with E-state index in [-0.39, 0.29) is 39.6 Å². The highest BCUT2D eigenvalue weighted by atomic mass is 28.4. The van der Waals surface area contributed by atoms with Gasteiger partial charge in [-0.1, -0.05) is 189 Å². The van der Waals surface area contributed by atoms with E-state index < -0.39 is 28.3 Å². The molecule has 7 heteroatoms. The molecule has 2 aliphatic carbocycles. The van der Waals surface area contributed by atoms with Gasteiger partial charge in [-0.25, -0.2) is 0 Å². The van der Waals surface area contributed by atoms with Crippen molar-refractivity contribution in [3.63, 3.8) is 0 Å². The van der Waals surface area contributed by atoms with E-state index in [1.165, 1.54) is 31.9 Å². The number of carbonyl (C=O) groups is 1. The topological polar surface area (TPSA) is 54.0 Å². The van der Waals surface area contributed by atoms with E-state index in [1.807, 2.05) is 0 Å². The SMILES string of the molecule is CC(=O)O[C@H]1C2=C(C=C[C@H]3C(C)(C)[C@H]4O[C@@]13C[C@@H]4O[Si](c1ccccc1)(c1ccccc1)C(C)(C)C)CC(CCCO[Si](c1ccccc1)(c1ccccc1)C(C)(C)C)CC2. The Labute approximate surface area is 368 Å². The number of allylic oxidation sites excluding steroid dienone is 2. The number of carbonyl (C=O) groups excluding carboxylic acids is 1. The van der Waals surface area contributed by atoms with Gasteiger partial charge < -0.3 is 18.3 Å². The molecule has 2 saturated heterocycles. The molecule has 4 aromatic rings. The highest BCUT2D eigenvalue weighted by Crippen LogP contribution is 2.64. The van der Waals surface area contributed by atoms with Gasteiger partial charge in [0.15, 0.2) is 6.10 Å². The van der Waals surface area contributed by atoms with Crippen molar-refractivity contribution in [1.29, 1.82) is 0 Å². The van der Waals surface area contributed by atoms with Crippen LogP contribution in [0.5, 0.6) is 0 Å². The molecule has 2 fully saturated rings. The number of hydrogen-bond acceptors (Lipinski definition) is 5. The molecule has 4 aromatic carbocycles. The van der Waals surface area contributed by atoms with Crippen molar-refractivity contribution in [2.75, 3.05) is 6.61 Å². The lowest BCUT2D eigenvalue weighted by molar-refractivity contribution is -0.160. The molecular weight excluding hydrogens is 785 g/mol. The monoisotopic (exact) mass is 852 g/mol. The maximum absolute atomic E-state index is 13.2. The molecule has 2 bridgehead atoms. The van der Waals surface area contributed by atoms with Crippen LogP contribution in [0.3, 0.4) is 0 Å². The van der Waals surface area contributed by atoms with E-state index in [0.717, 1.165) is 38.7 Å². The molecule has 0 amide bonds. The maximum Gasteiger partial charge on any atom is 0.303 e. The van der Waals surface area contributed by atoms with Crippen molar-refractivity contribution < 1.29 is 23.1 Å². The zero-order valence-electron chi connectivity index (χ0n) is 38.1. The lowest BCUT2D eigenvalue weighted by atomic mass is 9.60. The van der Waals surface area contributed by atoms with Crippen LogP contribution >= 0.6 is 0 Å². The molecule has 0 N–H and O–H groups in total. The first-order chi connectivity index (χ1) is 29.0. The molecule has 5 nitrogen and oxygen atoms in total. The summed E-state index contributed by atoms with van der Waals surface area (Å²) in [6.07, 6.45) is 9.71. The highest BCUT2D eigenvalue weighted by molar-refractivity contribution is 7.00. The molecule has 0 aromatic heterocycles. The minimum atomic E-state index is -2.89. The van der Waals surface area contributed by atoms with Crippen LogP contribution in [0.2, 0.25) is 10.1 Å². The Balaban J connectivity index is 1.06. The van der Waals surface area contributed by atoms with Crippen LogP contribution in [0, 0.1) is 17.3 Å². The number of fused-ring (bicyclic) bond motifs is 1. The van der Waals surface area contributed by atoms with Gasteiger partial charge in [0.05, 0.1) is 12.2 Å². The van der Waals surface area contributed by atoms with E-state index in [9.17, 15) is 4.79 Å². The molecular formula is C54H68O5Si2. The summed E-state index contributed by atoms with van der Waals surface area (Å²) in [5.41, 5.74) is 1.61. The summed E-state index contributed by atoms with van der Waals surface area (Å²) in [5, 5.41) is 4.96. The highest BCUT2D eigenvalue weighted by Gasteiger charge is 2.72. The second kappa shape index (κ2) is 16.7. The Kier molecular flexibility index (Phi) is 12.0. The predicted molar refractivity (Wildman–Crippen MR) is 254 cm³/mol. The quantitative estimate of drug-likeness (QED) is 0.0808. The molecule has 4 aliphatic rings. The molecule has 322 valence electrons. The standard InChI is InChI=1S/C54H68O5Si2/c1-39(55)57-49-46-34-32-40(23-22-36-56-60(51(2,3)4,42-24-14-10-15-25-42)43-26-16-11-17-27-43)37-41(46)33-35-48-53(8,9)50-47(38-54(48,49)58-50)59-61(52(5,6)7,44-28-18-12-19-29-44)45-30-20-13-21-31-45/h10-21,24-31,33,35,40,47-50H,22-23,32,34,36-38H2,1-9H3/t40?,47-,48-,49-,50-,54+/m0/s1. The minimum absolute atomic E-state index is 0.0483. The van der Waals surface area contributed by atoms with E-state index in [4.69, 9.17) is 18.3 Å². The summed E-state index contributed by atoms with van der Waals surface area (Å²) in [7, 11) is -5.48. The first-order valence-corrected chi connectivity index (χ1v) is 26.7. The third kappa shape index (κ3) is 7.60. The molecule has 8 rings (SSSR count). The average Bonchev–Trinajstić information content (AvgIpc) is 3.68. The van der Waals surface area contributed by atoms with Gasteiger partial charge >= 0.3 is 5.97 Å². The fraction of sp³-hybridized carbons (Fsp3) is 0.463. The lowest BCUT2D eigenvalue weighted by Gasteiger charge is -2.49. The Bertz CT molecular complexity index is 2130.